The minimum Gasteiger partial charge on any atom is -0.478 e. The smallest absolute Gasteiger partial charge is 0.337 e. The average Bonchev–Trinajstić information content (AvgIpc) is 2.95. The van der Waals surface area contributed by atoms with Crippen molar-refractivity contribution in [2.75, 3.05) is 5.32 Å². The van der Waals surface area contributed by atoms with E-state index in [1.54, 1.807) is 12.1 Å². The van der Waals surface area contributed by atoms with Crippen LogP contribution in [-0.4, -0.2) is 21.0 Å². The van der Waals surface area contributed by atoms with Crippen LogP contribution in [0.15, 0.2) is 23.6 Å². The molecule has 2 aromatic heterocycles. The Kier molecular flexibility index (Phi) is 4.20. The molecule has 1 aromatic carbocycles. The van der Waals surface area contributed by atoms with E-state index in [0.717, 1.165) is 11.3 Å². The zero-order valence-electron chi connectivity index (χ0n) is 10.4. The van der Waals surface area contributed by atoms with Gasteiger partial charge in [-0.25, -0.2) is 9.78 Å². The third-order valence-corrected chi connectivity index (χ3v) is 4.26. The molecule has 0 saturated heterocycles. The number of carbonyl (C=O) groups is 1. The maximum atomic E-state index is 11.2. The van der Waals surface area contributed by atoms with Crippen molar-refractivity contribution in [2.45, 2.75) is 14.4 Å². The van der Waals surface area contributed by atoms with Gasteiger partial charge in [0.15, 0.2) is 0 Å². The van der Waals surface area contributed by atoms with Crippen molar-refractivity contribution >= 4 is 51.6 Å². The molecule has 0 radical (unpaired) electrons. The van der Waals surface area contributed by atoms with Gasteiger partial charge in [-0.1, -0.05) is 25.1 Å². The Morgan fingerprint density at radius 1 is 1.48 bits per heavy atom. The number of aromatic amines is 1. The van der Waals surface area contributed by atoms with Gasteiger partial charge in [0.2, 0.25) is 5.95 Å². The molecule has 0 unspecified atom stereocenters. The zero-order chi connectivity index (χ0) is 14.3. The molecule has 5 nitrogen and oxygen atoms in total. The molecule has 0 amide bonds. The molecular formula is C14H14ClN3O2S. The first-order valence-electron chi connectivity index (χ1n) is 5.79. The van der Waals surface area contributed by atoms with E-state index in [0.29, 0.717) is 21.3 Å². The van der Waals surface area contributed by atoms with Crippen LogP contribution >= 0.6 is 22.9 Å². The molecule has 0 fully saturated rings. The predicted octanol–water partition coefficient (Wildman–Crippen LogP) is 4.66. The molecule has 7 heteroatoms. The first-order chi connectivity index (χ1) is 9.56. The summed E-state index contributed by atoms with van der Waals surface area (Å²) in [5, 5.41) is 14.2. The number of para-hydroxylation sites is 1. The summed E-state index contributed by atoms with van der Waals surface area (Å²) in [7, 11) is 0. The van der Waals surface area contributed by atoms with Crippen LogP contribution < -0.4 is 5.32 Å². The number of benzene rings is 1. The molecule has 3 rings (SSSR count). The largest absolute Gasteiger partial charge is 0.478 e. The molecule has 110 valence electrons. The molecular weight excluding hydrogens is 310 g/mol. The van der Waals surface area contributed by atoms with Crippen molar-refractivity contribution in [3.8, 4) is 0 Å². The van der Waals surface area contributed by atoms with Gasteiger partial charge in [-0.3, -0.25) is 0 Å². The van der Waals surface area contributed by atoms with Crippen LogP contribution in [0.3, 0.4) is 0 Å². The fraction of sp³-hybridized carbons (Fsp3) is 0.143. The van der Waals surface area contributed by atoms with Crippen molar-refractivity contribution in [1.29, 1.82) is 0 Å². The van der Waals surface area contributed by atoms with E-state index >= 15 is 0 Å². The standard InChI is InChI=1S/C13H10ClN3O2S.CH4/c1-6-5-20-11(14)9(6)16-13-15-8-4-2-3-7(12(18)19)10(8)17-13;/h2-5H,1H3,(H,18,19)(H2,15,16,17);1H4. The lowest BCUT2D eigenvalue weighted by Crippen LogP contribution is -1.97. The molecule has 0 spiro atoms. The van der Waals surface area contributed by atoms with Gasteiger partial charge < -0.3 is 15.4 Å². The van der Waals surface area contributed by atoms with E-state index in [2.05, 4.69) is 15.3 Å². The molecule has 3 aromatic rings. The maximum Gasteiger partial charge on any atom is 0.337 e. The number of aryl methyl sites for hydroxylation is 1. The molecule has 0 saturated carbocycles. The number of hydrogen-bond acceptors (Lipinski definition) is 4. The van der Waals surface area contributed by atoms with Crippen LogP contribution in [0.4, 0.5) is 11.6 Å². The lowest BCUT2D eigenvalue weighted by atomic mass is 10.2. The maximum absolute atomic E-state index is 11.2. The number of imidazole rings is 1. The Balaban J connectivity index is 0.00000161. The summed E-state index contributed by atoms with van der Waals surface area (Å²) in [6.07, 6.45) is 0. The summed E-state index contributed by atoms with van der Waals surface area (Å²) in [6, 6.07) is 4.98. The quantitative estimate of drug-likeness (QED) is 0.654. The van der Waals surface area contributed by atoms with E-state index in [9.17, 15) is 4.79 Å². The third kappa shape index (κ3) is 2.72. The number of halogens is 1. The van der Waals surface area contributed by atoms with Crippen LogP contribution in [0, 0.1) is 6.92 Å². The van der Waals surface area contributed by atoms with Crippen LogP contribution in [0.2, 0.25) is 4.34 Å². The van der Waals surface area contributed by atoms with Gasteiger partial charge in [-0.05, 0) is 30.0 Å². The highest BCUT2D eigenvalue weighted by atomic mass is 35.5. The fourth-order valence-corrected chi connectivity index (χ4v) is 3.00. The first-order valence-corrected chi connectivity index (χ1v) is 7.04. The molecule has 0 aliphatic rings. The monoisotopic (exact) mass is 323 g/mol. The van der Waals surface area contributed by atoms with Gasteiger partial charge in [0.1, 0.15) is 9.85 Å². The highest BCUT2D eigenvalue weighted by molar-refractivity contribution is 7.15. The van der Waals surface area contributed by atoms with Crippen molar-refractivity contribution < 1.29 is 9.90 Å². The number of thiophene rings is 1. The number of carboxylic acid groups (broad SMARTS) is 1. The topological polar surface area (TPSA) is 78.0 Å². The molecule has 0 bridgehead atoms. The number of aromatic nitrogens is 2. The third-order valence-electron chi connectivity index (χ3n) is 2.92. The Hall–Kier alpha value is -2.05. The number of fused-ring (bicyclic) bond motifs is 1. The minimum atomic E-state index is -1.00. The number of nitrogens with one attached hydrogen (secondary N) is 2. The summed E-state index contributed by atoms with van der Waals surface area (Å²) in [5.41, 5.74) is 3.05. The van der Waals surface area contributed by atoms with Crippen molar-refractivity contribution in [1.82, 2.24) is 9.97 Å². The first kappa shape index (κ1) is 15.3. The highest BCUT2D eigenvalue weighted by Gasteiger charge is 2.14. The number of carboxylic acids is 1. The van der Waals surface area contributed by atoms with E-state index in [1.807, 2.05) is 12.3 Å². The summed E-state index contributed by atoms with van der Waals surface area (Å²) in [5.74, 6) is -0.532. The minimum absolute atomic E-state index is 0. The Morgan fingerprint density at radius 2 is 2.24 bits per heavy atom. The molecule has 2 heterocycles. The molecule has 0 aliphatic heterocycles. The SMILES string of the molecule is C.Cc1csc(Cl)c1Nc1nc2c(C(=O)O)cccc2[nH]1. The second-order valence-corrected chi connectivity index (χ2v) is 5.77. The summed E-state index contributed by atoms with van der Waals surface area (Å²) in [6.45, 7) is 1.94. The van der Waals surface area contributed by atoms with Crippen LogP contribution in [0.1, 0.15) is 23.3 Å². The van der Waals surface area contributed by atoms with Crippen LogP contribution in [0.25, 0.3) is 11.0 Å². The van der Waals surface area contributed by atoms with Gasteiger partial charge in [-0.15, -0.1) is 11.3 Å². The van der Waals surface area contributed by atoms with Gasteiger partial charge in [0, 0.05) is 0 Å². The molecule has 21 heavy (non-hydrogen) atoms. The number of aromatic carboxylic acids is 1. The fourth-order valence-electron chi connectivity index (χ4n) is 1.94. The van der Waals surface area contributed by atoms with E-state index < -0.39 is 5.97 Å². The van der Waals surface area contributed by atoms with E-state index in [4.69, 9.17) is 16.7 Å². The normalized spacial score (nSPS) is 10.4. The van der Waals surface area contributed by atoms with E-state index in [-0.39, 0.29) is 13.0 Å². The van der Waals surface area contributed by atoms with Gasteiger partial charge in [0.05, 0.1) is 16.8 Å². The number of rotatable bonds is 3. The predicted molar refractivity (Wildman–Crippen MR) is 87.1 cm³/mol. The molecule has 0 atom stereocenters. The number of H-pyrrole nitrogens is 1. The van der Waals surface area contributed by atoms with Crippen molar-refractivity contribution in [2.24, 2.45) is 0 Å². The Labute approximate surface area is 130 Å². The Bertz CT molecular complexity index is 790. The van der Waals surface area contributed by atoms with Gasteiger partial charge in [-0.2, -0.15) is 0 Å². The number of anilines is 2. The summed E-state index contributed by atoms with van der Waals surface area (Å²) >= 11 is 7.53. The zero-order valence-corrected chi connectivity index (χ0v) is 12.0. The Morgan fingerprint density at radius 3 is 2.86 bits per heavy atom. The second-order valence-electron chi connectivity index (χ2n) is 4.28. The summed E-state index contributed by atoms with van der Waals surface area (Å²) in [4.78, 5) is 18.5. The average molecular weight is 324 g/mol. The molecule has 3 N–H and O–H groups in total. The van der Waals surface area contributed by atoms with Gasteiger partial charge in [0.25, 0.3) is 0 Å². The number of hydrogen-bond donors (Lipinski definition) is 3. The van der Waals surface area contributed by atoms with E-state index in [1.165, 1.54) is 17.4 Å². The lowest BCUT2D eigenvalue weighted by molar-refractivity contribution is 0.0699. The number of nitrogens with zero attached hydrogens (tertiary/aromatic N) is 1. The summed E-state index contributed by atoms with van der Waals surface area (Å²) < 4.78 is 0.640. The van der Waals surface area contributed by atoms with Gasteiger partial charge >= 0.3 is 5.97 Å². The van der Waals surface area contributed by atoms with Crippen molar-refractivity contribution in [3.05, 3.63) is 39.0 Å². The lowest BCUT2D eigenvalue weighted by Gasteiger charge is -2.01. The van der Waals surface area contributed by atoms with Crippen LogP contribution in [0.5, 0.6) is 0 Å². The van der Waals surface area contributed by atoms with Crippen LogP contribution in [-0.2, 0) is 0 Å². The second kappa shape index (κ2) is 5.75. The highest BCUT2D eigenvalue weighted by Crippen LogP contribution is 2.34. The molecule has 0 aliphatic carbocycles. The van der Waals surface area contributed by atoms with Crippen molar-refractivity contribution in [3.63, 3.8) is 0 Å².